The van der Waals surface area contributed by atoms with Gasteiger partial charge < -0.3 is 5.73 Å². The lowest BCUT2D eigenvalue weighted by atomic mass is 10.0. The zero-order chi connectivity index (χ0) is 13.1. The number of nitrogens with two attached hydrogens (primary N) is 1. The van der Waals surface area contributed by atoms with Gasteiger partial charge in [0, 0.05) is 33.0 Å². The van der Waals surface area contributed by atoms with E-state index in [9.17, 15) is 0 Å². The summed E-state index contributed by atoms with van der Waals surface area (Å²) in [5.74, 6) is 0. The molecule has 0 radical (unpaired) electrons. The number of halogens is 3. The summed E-state index contributed by atoms with van der Waals surface area (Å²) in [4.78, 5) is 4.10. The largest absolute Gasteiger partial charge is 0.324 e. The van der Waals surface area contributed by atoms with Crippen LogP contribution >= 0.6 is 39.1 Å². The normalized spacial score (nSPS) is 12.4. The molecule has 0 bridgehead atoms. The highest BCUT2D eigenvalue weighted by Crippen LogP contribution is 2.25. The topological polar surface area (TPSA) is 38.9 Å². The van der Waals surface area contributed by atoms with Gasteiger partial charge in [-0.15, -0.1) is 0 Å². The lowest BCUT2D eigenvalue weighted by Crippen LogP contribution is -2.13. The fourth-order valence-corrected chi connectivity index (χ4v) is 2.54. The molecule has 18 heavy (non-hydrogen) atoms. The van der Waals surface area contributed by atoms with E-state index in [-0.39, 0.29) is 6.04 Å². The average molecular weight is 346 g/mol. The van der Waals surface area contributed by atoms with Crippen LogP contribution in [0.1, 0.15) is 17.2 Å². The molecule has 2 aromatic rings. The van der Waals surface area contributed by atoms with Gasteiger partial charge in [-0.1, -0.05) is 29.3 Å². The standard InChI is InChI=1S/C13H11BrCl2N2/c14-10-3-9(6-18-7-10)13(17)4-8-1-2-11(15)5-12(8)16/h1-3,5-7,13H,4,17H2. The summed E-state index contributed by atoms with van der Waals surface area (Å²) in [5.41, 5.74) is 8.10. The second-order valence-electron chi connectivity index (χ2n) is 3.98. The Morgan fingerprint density at radius 1 is 1.22 bits per heavy atom. The zero-order valence-corrected chi connectivity index (χ0v) is 12.5. The van der Waals surface area contributed by atoms with Crippen LogP contribution in [0.4, 0.5) is 0 Å². The number of hydrogen-bond donors (Lipinski definition) is 1. The fraction of sp³-hybridized carbons (Fsp3) is 0.154. The van der Waals surface area contributed by atoms with Crippen molar-refractivity contribution in [1.82, 2.24) is 4.98 Å². The van der Waals surface area contributed by atoms with Gasteiger partial charge >= 0.3 is 0 Å². The van der Waals surface area contributed by atoms with Crippen LogP contribution in [0.2, 0.25) is 10.0 Å². The predicted octanol–water partition coefficient (Wildman–Crippen LogP) is 4.39. The SMILES string of the molecule is NC(Cc1ccc(Cl)cc1Cl)c1cncc(Br)c1. The van der Waals surface area contributed by atoms with Crippen LogP contribution in [0.15, 0.2) is 41.1 Å². The van der Waals surface area contributed by atoms with Gasteiger partial charge in [0.1, 0.15) is 0 Å². The van der Waals surface area contributed by atoms with Crippen LogP contribution in [0.5, 0.6) is 0 Å². The van der Waals surface area contributed by atoms with E-state index in [0.717, 1.165) is 15.6 Å². The molecule has 1 aromatic heterocycles. The van der Waals surface area contributed by atoms with Crippen molar-refractivity contribution in [2.75, 3.05) is 0 Å². The van der Waals surface area contributed by atoms with Gasteiger partial charge in [0.25, 0.3) is 0 Å². The maximum Gasteiger partial charge on any atom is 0.0453 e. The molecule has 2 nitrogen and oxygen atoms in total. The number of pyridine rings is 1. The van der Waals surface area contributed by atoms with Gasteiger partial charge in [0.05, 0.1) is 0 Å². The Morgan fingerprint density at radius 2 is 2.00 bits per heavy atom. The smallest absolute Gasteiger partial charge is 0.0453 e. The lowest BCUT2D eigenvalue weighted by molar-refractivity contribution is 0.717. The molecule has 0 saturated heterocycles. The Bertz CT molecular complexity index is 560. The zero-order valence-electron chi connectivity index (χ0n) is 9.41. The summed E-state index contributed by atoms with van der Waals surface area (Å²) < 4.78 is 0.914. The molecule has 1 aromatic carbocycles. The van der Waals surface area contributed by atoms with Crippen molar-refractivity contribution < 1.29 is 0 Å². The second-order valence-corrected chi connectivity index (χ2v) is 5.74. The van der Waals surface area contributed by atoms with E-state index < -0.39 is 0 Å². The highest BCUT2D eigenvalue weighted by atomic mass is 79.9. The minimum Gasteiger partial charge on any atom is -0.324 e. The number of benzene rings is 1. The molecule has 94 valence electrons. The average Bonchev–Trinajstić information content (AvgIpc) is 2.32. The number of nitrogens with zero attached hydrogens (tertiary/aromatic N) is 1. The van der Waals surface area contributed by atoms with E-state index in [2.05, 4.69) is 20.9 Å². The first-order valence-electron chi connectivity index (χ1n) is 5.36. The number of aromatic nitrogens is 1. The van der Waals surface area contributed by atoms with Crippen molar-refractivity contribution in [3.63, 3.8) is 0 Å². The van der Waals surface area contributed by atoms with Crippen molar-refractivity contribution in [3.8, 4) is 0 Å². The summed E-state index contributed by atoms with van der Waals surface area (Å²) in [5, 5.41) is 1.27. The fourth-order valence-electron chi connectivity index (χ4n) is 1.67. The summed E-state index contributed by atoms with van der Waals surface area (Å²) in [7, 11) is 0. The van der Waals surface area contributed by atoms with E-state index in [4.69, 9.17) is 28.9 Å². The number of hydrogen-bond acceptors (Lipinski definition) is 2. The Hall–Kier alpha value is -0.610. The Morgan fingerprint density at radius 3 is 2.67 bits per heavy atom. The monoisotopic (exact) mass is 344 g/mol. The number of rotatable bonds is 3. The van der Waals surface area contributed by atoms with Crippen LogP contribution < -0.4 is 5.73 Å². The van der Waals surface area contributed by atoms with Gasteiger partial charge in [-0.2, -0.15) is 0 Å². The molecule has 0 aliphatic carbocycles. The molecule has 5 heteroatoms. The first-order valence-corrected chi connectivity index (χ1v) is 6.91. The molecule has 0 amide bonds. The second kappa shape index (κ2) is 6.02. The maximum atomic E-state index is 6.15. The Kier molecular flexibility index (Phi) is 4.62. The van der Waals surface area contributed by atoms with E-state index >= 15 is 0 Å². The molecule has 0 saturated carbocycles. The Balaban J connectivity index is 2.18. The molecule has 0 fully saturated rings. The highest BCUT2D eigenvalue weighted by molar-refractivity contribution is 9.10. The van der Waals surface area contributed by atoms with Gasteiger partial charge in [-0.05, 0) is 51.7 Å². The maximum absolute atomic E-state index is 6.15. The third kappa shape index (κ3) is 3.45. The molecule has 1 atom stereocenters. The molecule has 0 spiro atoms. The predicted molar refractivity (Wildman–Crippen MR) is 79.0 cm³/mol. The van der Waals surface area contributed by atoms with Crippen molar-refractivity contribution >= 4 is 39.1 Å². The van der Waals surface area contributed by atoms with Crippen LogP contribution in [-0.4, -0.2) is 4.98 Å². The molecule has 1 heterocycles. The third-order valence-electron chi connectivity index (χ3n) is 2.61. The molecule has 0 aliphatic rings. The Labute approximate surface area is 124 Å². The molecule has 2 N–H and O–H groups in total. The first-order chi connectivity index (χ1) is 8.56. The van der Waals surface area contributed by atoms with Gasteiger partial charge in [0.15, 0.2) is 0 Å². The van der Waals surface area contributed by atoms with E-state index in [1.165, 1.54) is 0 Å². The molecule has 1 unspecified atom stereocenters. The van der Waals surface area contributed by atoms with Crippen molar-refractivity contribution in [2.45, 2.75) is 12.5 Å². The van der Waals surface area contributed by atoms with E-state index in [1.54, 1.807) is 18.5 Å². The molecular formula is C13H11BrCl2N2. The molecule has 2 rings (SSSR count). The molecule has 0 aliphatic heterocycles. The van der Waals surface area contributed by atoms with Gasteiger partial charge in [-0.3, -0.25) is 4.98 Å². The van der Waals surface area contributed by atoms with Gasteiger partial charge in [0.2, 0.25) is 0 Å². The van der Waals surface area contributed by atoms with Gasteiger partial charge in [-0.25, -0.2) is 0 Å². The minimum atomic E-state index is -0.145. The molecular weight excluding hydrogens is 335 g/mol. The highest BCUT2D eigenvalue weighted by Gasteiger charge is 2.10. The first kappa shape index (κ1) is 13.8. The van der Waals surface area contributed by atoms with E-state index in [1.807, 2.05) is 18.2 Å². The summed E-state index contributed by atoms with van der Waals surface area (Å²) in [6.07, 6.45) is 4.14. The lowest BCUT2D eigenvalue weighted by Gasteiger charge is -2.13. The summed E-state index contributed by atoms with van der Waals surface area (Å²) in [6.45, 7) is 0. The van der Waals surface area contributed by atoms with Crippen LogP contribution in [0.3, 0.4) is 0 Å². The summed E-state index contributed by atoms with van der Waals surface area (Å²) in [6, 6.07) is 7.25. The van der Waals surface area contributed by atoms with Crippen LogP contribution in [-0.2, 0) is 6.42 Å². The van der Waals surface area contributed by atoms with Crippen molar-refractivity contribution in [2.24, 2.45) is 5.73 Å². The minimum absolute atomic E-state index is 0.145. The van der Waals surface area contributed by atoms with Crippen LogP contribution in [0, 0.1) is 0 Å². The van der Waals surface area contributed by atoms with Crippen molar-refractivity contribution in [3.05, 3.63) is 62.3 Å². The van der Waals surface area contributed by atoms with E-state index in [0.29, 0.717) is 16.5 Å². The summed E-state index contributed by atoms with van der Waals surface area (Å²) >= 11 is 15.4. The van der Waals surface area contributed by atoms with Crippen LogP contribution in [0.25, 0.3) is 0 Å². The quantitative estimate of drug-likeness (QED) is 0.895. The van der Waals surface area contributed by atoms with Crippen molar-refractivity contribution in [1.29, 1.82) is 0 Å². The third-order valence-corrected chi connectivity index (χ3v) is 3.63.